The van der Waals surface area contributed by atoms with Crippen molar-refractivity contribution in [2.45, 2.75) is 38.2 Å². The third-order valence-corrected chi connectivity index (χ3v) is 2.59. The van der Waals surface area contributed by atoms with Gasteiger partial charge in [-0.3, -0.25) is 4.68 Å². The van der Waals surface area contributed by atoms with Crippen molar-refractivity contribution in [2.24, 2.45) is 0 Å². The minimum absolute atomic E-state index is 0.00301. The summed E-state index contributed by atoms with van der Waals surface area (Å²) in [4.78, 5) is 0. The van der Waals surface area contributed by atoms with Crippen molar-refractivity contribution in [1.82, 2.24) is 9.78 Å². The Hall–Kier alpha value is -0.930. The fourth-order valence-electron chi connectivity index (χ4n) is 1.90. The molecule has 0 bridgehead atoms. The summed E-state index contributed by atoms with van der Waals surface area (Å²) >= 11 is 0. The summed E-state index contributed by atoms with van der Waals surface area (Å²) in [5.41, 5.74) is 0.961. The first-order valence-electron chi connectivity index (χ1n) is 4.46. The van der Waals surface area contributed by atoms with Crippen LogP contribution in [0.1, 0.15) is 31.0 Å². The first-order chi connectivity index (χ1) is 6.08. The van der Waals surface area contributed by atoms with Gasteiger partial charge < -0.3 is 0 Å². The molecular formula is C9H12F2N2. The van der Waals surface area contributed by atoms with Crippen LogP contribution in [-0.2, 0) is 0 Å². The highest BCUT2D eigenvalue weighted by molar-refractivity contribution is 5.00. The van der Waals surface area contributed by atoms with Crippen LogP contribution < -0.4 is 0 Å². The van der Waals surface area contributed by atoms with Gasteiger partial charge in [0, 0.05) is 24.7 Å². The molecule has 72 valence electrons. The predicted molar refractivity (Wildman–Crippen MR) is 44.8 cm³/mol. The molecule has 4 heteroatoms. The van der Waals surface area contributed by atoms with Crippen molar-refractivity contribution in [1.29, 1.82) is 0 Å². The van der Waals surface area contributed by atoms with E-state index in [-0.39, 0.29) is 18.9 Å². The van der Waals surface area contributed by atoms with E-state index in [1.165, 1.54) is 0 Å². The molecule has 1 fully saturated rings. The van der Waals surface area contributed by atoms with Crippen molar-refractivity contribution >= 4 is 0 Å². The number of halogens is 2. The molecule has 0 amide bonds. The molecule has 1 saturated carbocycles. The zero-order valence-electron chi connectivity index (χ0n) is 7.50. The normalized spacial score (nSPS) is 26.5. The highest BCUT2D eigenvalue weighted by Crippen LogP contribution is 2.41. The molecule has 2 rings (SSSR count). The summed E-state index contributed by atoms with van der Waals surface area (Å²) in [6, 6.07) is 1.74. The lowest BCUT2D eigenvalue weighted by atomic mass is 10.2. The van der Waals surface area contributed by atoms with Gasteiger partial charge in [-0.15, -0.1) is 0 Å². The molecule has 1 atom stereocenters. The van der Waals surface area contributed by atoms with Gasteiger partial charge in [0.05, 0.1) is 6.04 Å². The lowest BCUT2D eigenvalue weighted by molar-refractivity contribution is 0.00512. The average Bonchev–Trinajstić information content (AvgIpc) is 2.56. The second-order valence-electron chi connectivity index (χ2n) is 3.67. The van der Waals surface area contributed by atoms with Crippen molar-refractivity contribution in [3.05, 3.63) is 18.0 Å². The molecule has 0 saturated heterocycles. The van der Waals surface area contributed by atoms with E-state index in [0.717, 1.165) is 5.69 Å². The molecule has 1 unspecified atom stereocenters. The van der Waals surface area contributed by atoms with E-state index in [9.17, 15) is 8.78 Å². The lowest BCUT2D eigenvalue weighted by Gasteiger charge is -2.12. The maximum Gasteiger partial charge on any atom is 0.250 e. The van der Waals surface area contributed by atoms with Gasteiger partial charge in [-0.05, 0) is 19.4 Å². The van der Waals surface area contributed by atoms with E-state index < -0.39 is 5.92 Å². The first-order valence-corrected chi connectivity index (χ1v) is 4.46. The van der Waals surface area contributed by atoms with Crippen LogP contribution in [0.4, 0.5) is 8.78 Å². The Morgan fingerprint density at radius 3 is 2.85 bits per heavy atom. The van der Waals surface area contributed by atoms with Crippen molar-refractivity contribution in [3.8, 4) is 0 Å². The van der Waals surface area contributed by atoms with Gasteiger partial charge in [-0.25, -0.2) is 8.78 Å². The summed E-state index contributed by atoms with van der Waals surface area (Å²) in [5.74, 6) is -2.48. The molecule has 2 nitrogen and oxygen atoms in total. The van der Waals surface area contributed by atoms with Crippen LogP contribution in [0.2, 0.25) is 0 Å². The topological polar surface area (TPSA) is 17.8 Å². The van der Waals surface area contributed by atoms with Gasteiger partial charge in [0.1, 0.15) is 0 Å². The Morgan fingerprint density at radius 2 is 2.38 bits per heavy atom. The Kier molecular flexibility index (Phi) is 1.86. The van der Waals surface area contributed by atoms with Crippen molar-refractivity contribution < 1.29 is 8.78 Å². The number of hydrogen-bond acceptors (Lipinski definition) is 1. The van der Waals surface area contributed by atoms with E-state index in [0.29, 0.717) is 6.42 Å². The number of hydrogen-bond donors (Lipinski definition) is 0. The minimum Gasteiger partial charge on any atom is -0.267 e. The van der Waals surface area contributed by atoms with E-state index in [1.807, 2.05) is 13.0 Å². The van der Waals surface area contributed by atoms with Crippen LogP contribution in [0.5, 0.6) is 0 Å². The first kappa shape index (κ1) is 8.66. The Bertz CT molecular complexity index is 306. The molecular weight excluding hydrogens is 174 g/mol. The van der Waals surface area contributed by atoms with Crippen LogP contribution in [-0.4, -0.2) is 15.7 Å². The fourth-order valence-corrected chi connectivity index (χ4v) is 1.90. The van der Waals surface area contributed by atoms with Gasteiger partial charge in [-0.1, -0.05) is 0 Å². The molecule has 13 heavy (non-hydrogen) atoms. The maximum absolute atomic E-state index is 12.9. The van der Waals surface area contributed by atoms with Gasteiger partial charge in [0.25, 0.3) is 0 Å². The molecule has 1 aromatic rings. The molecule has 0 radical (unpaired) electrons. The lowest BCUT2D eigenvalue weighted by Crippen LogP contribution is -2.13. The molecule has 1 aromatic heterocycles. The largest absolute Gasteiger partial charge is 0.267 e. The van der Waals surface area contributed by atoms with Crippen LogP contribution in [0.15, 0.2) is 12.3 Å². The van der Waals surface area contributed by atoms with E-state index >= 15 is 0 Å². The number of aryl methyl sites for hydroxylation is 1. The van der Waals surface area contributed by atoms with Gasteiger partial charge in [0.15, 0.2) is 0 Å². The van der Waals surface area contributed by atoms with Crippen LogP contribution in [0.3, 0.4) is 0 Å². The van der Waals surface area contributed by atoms with Crippen molar-refractivity contribution in [2.75, 3.05) is 0 Å². The number of nitrogens with zero attached hydrogens (tertiary/aromatic N) is 2. The summed E-state index contributed by atoms with van der Waals surface area (Å²) in [6.07, 6.45) is 2.13. The van der Waals surface area contributed by atoms with Gasteiger partial charge in [0.2, 0.25) is 5.92 Å². The number of alkyl halides is 2. The highest BCUT2D eigenvalue weighted by atomic mass is 19.3. The SMILES string of the molecule is Cc1ccnn1C1CCC(F)(F)C1. The quantitative estimate of drug-likeness (QED) is 0.659. The van der Waals surface area contributed by atoms with Crippen LogP contribution in [0, 0.1) is 6.92 Å². The average molecular weight is 186 g/mol. The van der Waals surface area contributed by atoms with Crippen LogP contribution in [0.25, 0.3) is 0 Å². The Morgan fingerprint density at radius 1 is 1.62 bits per heavy atom. The Balaban J connectivity index is 2.17. The zero-order valence-corrected chi connectivity index (χ0v) is 7.50. The zero-order chi connectivity index (χ0) is 9.47. The molecule has 0 spiro atoms. The standard InChI is InChI=1S/C9H12F2N2/c1-7-3-5-12-13(7)8-2-4-9(10,11)6-8/h3,5,8H,2,4,6H2,1H3. The van der Waals surface area contributed by atoms with E-state index in [1.54, 1.807) is 10.9 Å². The molecule has 1 heterocycles. The second kappa shape index (κ2) is 2.79. The maximum atomic E-state index is 12.9. The van der Waals surface area contributed by atoms with Gasteiger partial charge >= 0.3 is 0 Å². The number of aromatic nitrogens is 2. The predicted octanol–water partition coefficient (Wildman–Crippen LogP) is 2.55. The summed E-state index contributed by atoms with van der Waals surface area (Å²) in [5, 5.41) is 4.05. The third kappa shape index (κ3) is 1.57. The van der Waals surface area contributed by atoms with Crippen molar-refractivity contribution in [3.63, 3.8) is 0 Å². The smallest absolute Gasteiger partial charge is 0.250 e. The second-order valence-corrected chi connectivity index (χ2v) is 3.67. The molecule has 1 aliphatic rings. The summed E-state index contributed by atoms with van der Waals surface area (Å²) in [6.45, 7) is 1.89. The number of rotatable bonds is 1. The van der Waals surface area contributed by atoms with E-state index in [2.05, 4.69) is 5.10 Å². The highest BCUT2D eigenvalue weighted by Gasteiger charge is 2.40. The molecule has 0 aliphatic heterocycles. The molecule has 1 aliphatic carbocycles. The Labute approximate surface area is 75.6 Å². The fraction of sp³-hybridized carbons (Fsp3) is 0.667. The summed E-state index contributed by atoms with van der Waals surface area (Å²) < 4.78 is 27.5. The van der Waals surface area contributed by atoms with Gasteiger partial charge in [-0.2, -0.15) is 5.10 Å². The van der Waals surface area contributed by atoms with Crippen LogP contribution >= 0.6 is 0 Å². The van der Waals surface area contributed by atoms with E-state index in [4.69, 9.17) is 0 Å². The molecule has 0 N–H and O–H groups in total. The summed E-state index contributed by atoms with van der Waals surface area (Å²) in [7, 11) is 0. The third-order valence-electron chi connectivity index (χ3n) is 2.59. The molecule has 0 aromatic carbocycles. The monoisotopic (exact) mass is 186 g/mol. The minimum atomic E-state index is -2.48.